The van der Waals surface area contributed by atoms with E-state index in [1.54, 1.807) is 0 Å². The Morgan fingerprint density at radius 2 is 1.96 bits per heavy atom. The lowest BCUT2D eigenvalue weighted by atomic mass is 9.52. The Bertz CT molecular complexity index is 914. The van der Waals surface area contributed by atoms with Gasteiger partial charge in [-0.3, -0.25) is 9.59 Å². The number of ether oxygens (including phenoxy) is 1. The topological polar surface area (TPSA) is 43.4 Å². The van der Waals surface area contributed by atoms with Gasteiger partial charge < -0.3 is 4.74 Å². The number of carbonyl (C=O) groups excluding carboxylic acids is 2. The largest absolute Gasteiger partial charge is 0.498 e. The van der Waals surface area contributed by atoms with Crippen LogP contribution in [0.3, 0.4) is 0 Å². The first-order valence-corrected chi connectivity index (χ1v) is 10.9. The van der Waals surface area contributed by atoms with Gasteiger partial charge in [-0.25, -0.2) is 0 Å². The molecule has 5 aliphatic rings. The molecule has 0 aromatic rings. The molecule has 0 amide bonds. The Hall–Kier alpha value is -1.90. The summed E-state index contributed by atoms with van der Waals surface area (Å²) in [5.74, 6) is 1.45. The molecule has 0 radical (unpaired) electrons. The summed E-state index contributed by atoms with van der Waals surface area (Å²) in [5, 5.41) is 0. The van der Waals surface area contributed by atoms with Crippen LogP contribution in [0.1, 0.15) is 72.1 Å². The molecule has 5 aliphatic carbocycles. The van der Waals surface area contributed by atoms with Crippen LogP contribution in [0.2, 0.25) is 0 Å². The molecule has 0 aliphatic heterocycles. The summed E-state index contributed by atoms with van der Waals surface area (Å²) in [5.41, 5.74) is 5.84. The highest BCUT2D eigenvalue weighted by molar-refractivity contribution is 5.94. The minimum atomic E-state index is -0.283. The molecule has 0 bridgehead atoms. The second kappa shape index (κ2) is 5.81. The van der Waals surface area contributed by atoms with Gasteiger partial charge in [-0.15, -0.1) is 0 Å². The molecule has 28 heavy (non-hydrogen) atoms. The highest BCUT2D eigenvalue weighted by atomic mass is 16.5. The molecule has 1 unspecified atom stereocenters. The SMILES string of the molecule is CCOC1=CC2=C(C=O)CC3=C(CC[C@@]45C(=O)CC[C@]4(C)CC=C35)C2(C)CC1. The lowest BCUT2D eigenvalue weighted by Gasteiger charge is -2.50. The van der Waals surface area contributed by atoms with Crippen LogP contribution in [0, 0.1) is 16.2 Å². The average molecular weight is 379 g/mol. The van der Waals surface area contributed by atoms with Gasteiger partial charge in [0.2, 0.25) is 0 Å². The third-order valence-electron chi connectivity index (χ3n) is 8.69. The van der Waals surface area contributed by atoms with Crippen LogP contribution in [-0.2, 0) is 14.3 Å². The minimum absolute atomic E-state index is 0.0821. The maximum absolute atomic E-state index is 13.1. The molecule has 3 atom stereocenters. The standard InChI is InChI=1S/C25H30O3/c1-4-28-17-5-11-24(3)19-7-12-25-20(6-9-23(25,2)10-8-22(25)27)18(19)13-16(15-26)21(24)14-17/h6,14-15H,4-5,7-13H2,1-3H3/t23-,24?,25+/m0/s1. The molecule has 0 aromatic heterocycles. The Kier molecular flexibility index (Phi) is 3.76. The van der Waals surface area contributed by atoms with E-state index in [1.165, 1.54) is 16.7 Å². The second-order valence-corrected chi connectivity index (χ2v) is 9.78. The molecule has 0 N–H and O–H groups in total. The third-order valence-corrected chi connectivity index (χ3v) is 8.69. The predicted molar refractivity (Wildman–Crippen MR) is 108 cm³/mol. The number of hydrogen-bond donors (Lipinski definition) is 0. The minimum Gasteiger partial charge on any atom is -0.498 e. The van der Waals surface area contributed by atoms with E-state index >= 15 is 0 Å². The monoisotopic (exact) mass is 378 g/mol. The zero-order valence-electron chi connectivity index (χ0n) is 17.3. The summed E-state index contributed by atoms with van der Waals surface area (Å²) >= 11 is 0. The van der Waals surface area contributed by atoms with E-state index in [1.807, 2.05) is 6.92 Å². The number of aldehydes is 1. The Morgan fingerprint density at radius 3 is 2.71 bits per heavy atom. The molecule has 5 rings (SSSR count). The van der Waals surface area contributed by atoms with Crippen LogP contribution >= 0.6 is 0 Å². The number of hydrogen-bond acceptors (Lipinski definition) is 3. The normalized spacial score (nSPS) is 39.0. The quantitative estimate of drug-likeness (QED) is 0.619. The van der Waals surface area contributed by atoms with Crippen LogP contribution in [0.15, 0.2) is 45.8 Å². The summed E-state index contributed by atoms with van der Waals surface area (Å²) < 4.78 is 5.80. The van der Waals surface area contributed by atoms with E-state index in [2.05, 4.69) is 26.0 Å². The summed E-state index contributed by atoms with van der Waals surface area (Å²) in [7, 11) is 0. The number of ketones is 1. The first-order chi connectivity index (χ1) is 13.4. The van der Waals surface area contributed by atoms with Crippen LogP contribution < -0.4 is 0 Å². The summed E-state index contributed by atoms with van der Waals surface area (Å²) in [6.07, 6.45) is 12.8. The highest BCUT2D eigenvalue weighted by Crippen LogP contribution is 2.69. The van der Waals surface area contributed by atoms with E-state index in [0.29, 0.717) is 18.8 Å². The van der Waals surface area contributed by atoms with Crippen molar-refractivity contribution in [2.75, 3.05) is 6.61 Å². The van der Waals surface area contributed by atoms with Crippen molar-refractivity contribution in [3.05, 3.63) is 45.8 Å². The fourth-order valence-corrected chi connectivity index (χ4v) is 7.15. The highest BCUT2D eigenvalue weighted by Gasteiger charge is 2.64. The molecular weight excluding hydrogens is 348 g/mol. The fourth-order valence-electron chi connectivity index (χ4n) is 7.15. The van der Waals surface area contributed by atoms with Gasteiger partial charge in [0.05, 0.1) is 17.8 Å². The van der Waals surface area contributed by atoms with Gasteiger partial charge in [-0.2, -0.15) is 0 Å². The van der Waals surface area contributed by atoms with Gasteiger partial charge >= 0.3 is 0 Å². The van der Waals surface area contributed by atoms with E-state index < -0.39 is 0 Å². The molecule has 0 aromatic carbocycles. The van der Waals surface area contributed by atoms with Gasteiger partial charge in [0.1, 0.15) is 12.1 Å². The number of fused-ring (bicyclic) bond motifs is 3. The maximum atomic E-state index is 13.1. The zero-order valence-corrected chi connectivity index (χ0v) is 17.3. The summed E-state index contributed by atoms with van der Waals surface area (Å²) in [4.78, 5) is 25.3. The lowest BCUT2D eigenvalue weighted by molar-refractivity contribution is -0.127. The number of carbonyl (C=O) groups is 2. The van der Waals surface area contributed by atoms with Crippen LogP contribution in [-0.4, -0.2) is 18.7 Å². The van der Waals surface area contributed by atoms with Crippen molar-refractivity contribution in [2.45, 2.75) is 72.1 Å². The van der Waals surface area contributed by atoms with Crippen molar-refractivity contribution in [1.82, 2.24) is 0 Å². The molecule has 148 valence electrons. The zero-order chi connectivity index (χ0) is 19.7. The van der Waals surface area contributed by atoms with Crippen LogP contribution in [0.4, 0.5) is 0 Å². The van der Waals surface area contributed by atoms with Crippen molar-refractivity contribution in [3.63, 3.8) is 0 Å². The lowest BCUT2D eigenvalue weighted by Crippen LogP contribution is -2.43. The fraction of sp³-hybridized carbons (Fsp3) is 0.600. The molecule has 3 heteroatoms. The first kappa shape index (κ1) is 18.1. The van der Waals surface area contributed by atoms with Crippen molar-refractivity contribution < 1.29 is 14.3 Å². The van der Waals surface area contributed by atoms with Crippen LogP contribution in [0.25, 0.3) is 0 Å². The number of allylic oxidation sites excluding steroid dienone is 8. The summed E-state index contributed by atoms with van der Waals surface area (Å²) in [6.45, 7) is 7.30. The van der Waals surface area contributed by atoms with Crippen molar-refractivity contribution in [2.24, 2.45) is 16.2 Å². The smallest absolute Gasteiger partial charge is 0.146 e. The van der Waals surface area contributed by atoms with Gasteiger partial charge in [-0.1, -0.05) is 25.5 Å². The van der Waals surface area contributed by atoms with Gasteiger partial charge in [0.25, 0.3) is 0 Å². The number of Topliss-reactive ketones (excluding diaryl/α,β-unsaturated/α-hetero) is 1. The predicted octanol–water partition coefficient (Wildman–Crippen LogP) is 5.38. The molecule has 1 fully saturated rings. The Balaban J connectivity index is 1.65. The molecule has 0 saturated heterocycles. The van der Waals surface area contributed by atoms with Gasteiger partial charge in [0.15, 0.2) is 0 Å². The first-order valence-electron chi connectivity index (χ1n) is 10.9. The van der Waals surface area contributed by atoms with E-state index in [0.717, 1.165) is 68.1 Å². The van der Waals surface area contributed by atoms with Gasteiger partial charge in [0, 0.05) is 30.3 Å². The average Bonchev–Trinajstić information content (AvgIpc) is 3.12. The maximum Gasteiger partial charge on any atom is 0.146 e. The molecule has 0 heterocycles. The Morgan fingerprint density at radius 1 is 1.14 bits per heavy atom. The van der Waals surface area contributed by atoms with Crippen LogP contribution in [0.5, 0.6) is 0 Å². The van der Waals surface area contributed by atoms with E-state index in [-0.39, 0.29) is 16.2 Å². The van der Waals surface area contributed by atoms with E-state index in [9.17, 15) is 9.59 Å². The second-order valence-electron chi connectivity index (χ2n) is 9.78. The third kappa shape index (κ3) is 2.00. The van der Waals surface area contributed by atoms with Crippen molar-refractivity contribution in [1.29, 1.82) is 0 Å². The Labute approximate surface area is 167 Å². The molecular formula is C25H30O3. The number of rotatable bonds is 3. The van der Waals surface area contributed by atoms with Gasteiger partial charge in [-0.05, 0) is 67.2 Å². The van der Waals surface area contributed by atoms with E-state index in [4.69, 9.17) is 4.74 Å². The summed E-state index contributed by atoms with van der Waals surface area (Å²) in [6, 6.07) is 0. The van der Waals surface area contributed by atoms with Crippen molar-refractivity contribution >= 4 is 12.1 Å². The molecule has 1 spiro atoms. The molecule has 1 saturated carbocycles. The van der Waals surface area contributed by atoms with Crippen molar-refractivity contribution in [3.8, 4) is 0 Å². The molecule has 3 nitrogen and oxygen atoms in total.